The monoisotopic (exact) mass is 319 g/mol. The van der Waals surface area contributed by atoms with Crippen molar-refractivity contribution in [3.8, 4) is 0 Å². The van der Waals surface area contributed by atoms with E-state index in [0.29, 0.717) is 25.2 Å². The van der Waals surface area contributed by atoms with Crippen molar-refractivity contribution in [3.63, 3.8) is 0 Å². The van der Waals surface area contributed by atoms with E-state index >= 15 is 0 Å². The fourth-order valence-electron chi connectivity index (χ4n) is 2.17. The number of amides is 2. The molecule has 1 aromatic heterocycles. The van der Waals surface area contributed by atoms with Gasteiger partial charge in [0.25, 0.3) is 5.56 Å². The number of rotatable bonds is 1. The summed E-state index contributed by atoms with van der Waals surface area (Å²) in [7, 11) is 0. The molecule has 6 nitrogen and oxygen atoms in total. The molecule has 9 heteroatoms. The largest absolute Gasteiger partial charge is 0.417 e. The van der Waals surface area contributed by atoms with Crippen LogP contribution in [-0.2, 0) is 6.18 Å². The highest BCUT2D eigenvalue weighted by atomic mass is 19.4. The van der Waals surface area contributed by atoms with Crippen molar-refractivity contribution in [2.75, 3.05) is 18.4 Å². The van der Waals surface area contributed by atoms with E-state index in [1.54, 1.807) is 0 Å². The maximum Gasteiger partial charge on any atom is 0.417 e. The molecule has 2 rings (SSSR count). The summed E-state index contributed by atoms with van der Waals surface area (Å²) in [6, 6.07) is -0.129. The third-order valence-corrected chi connectivity index (χ3v) is 3.68. The van der Waals surface area contributed by atoms with Gasteiger partial charge in [-0.15, -0.1) is 0 Å². The molecule has 0 aliphatic carbocycles. The molecule has 1 saturated heterocycles. The van der Waals surface area contributed by atoms with Crippen molar-refractivity contribution < 1.29 is 23.1 Å². The fraction of sp³-hybridized carbons (Fsp3) is 0.538. The van der Waals surface area contributed by atoms with Crippen molar-refractivity contribution in [1.29, 1.82) is 0 Å². The number of β-amino-alcohol motifs (C(OH)–C–C–N with tert-alkyl or cyclic N) is 1. The smallest absolute Gasteiger partial charge is 0.391 e. The minimum atomic E-state index is -4.62. The van der Waals surface area contributed by atoms with Crippen LogP contribution in [0.4, 0.5) is 23.7 Å². The molecule has 0 saturated carbocycles. The second kappa shape index (κ2) is 5.99. The molecular formula is C13H16F3N3O3. The first-order valence-electron chi connectivity index (χ1n) is 6.72. The Morgan fingerprint density at radius 3 is 2.77 bits per heavy atom. The Hall–Kier alpha value is -2.03. The van der Waals surface area contributed by atoms with Gasteiger partial charge in [-0.1, -0.05) is 6.92 Å². The molecule has 1 aromatic rings. The molecule has 2 atom stereocenters. The van der Waals surface area contributed by atoms with Crippen LogP contribution in [0.15, 0.2) is 17.1 Å². The number of hydrogen-bond donors (Lipinski definition) is 3. The predicted octanol–water partition coefficient (Wildman–Crippen LogP) is 1.63. The highest BCUT2D eigenvalue weighted by Gasteiger charge is 2.32. The highest BCUT2D eigenvalue weighted by molar-refractivity contribution is 5.89. The molecule has 0 radical (unpaired) electrons. The lowest BCUT2D eigenvalue weighted by molar-refractivity contribution is -0.137. The Balaban J connectivity index is 2.13. The maximum atomic E-state index is 12.6. The van der Waals surface area contributed by atoms with Gasteiger partial charge in [-0.3, -0.25) is 4.79 Å². The van der Waals surface area contributed by atoms with Crippen LogP contribution in [0.3, 0.4) is 0 Å². The molecule has 1 aliphatic heterocycles. The lowest BCUT2D eigenvalue weighted by Gasteiger charge is -2.34. The first-order chi connectivity index (χ1) is 10.2. The van der Waals surface area contributed by atoms with Gasteiger partial charge in [-0.25, -0.2) is 4.79 Å². The average Bonchev–Trinajstić information content (AvgIpc) is 2.43. The zero-order valence-corrected chi connectivity index (χ0v) is 11.8. The van der Waals surface area contributed by atoms with Gasteiger partial charge in [0.05, 0.1) is 11.7 Å². The lowest BCUT2D eigenvalue weighted by atomic mass is 9.96. The highest BCUT2D eigenvalue weighted by Crippen LogP contribution is 2.29. The lowest BCUT2D eigenvalue weighted by Crippen LogP contribution is -2.47. The van der Waals surface area contributed by atoms with E-state index in [1.807, 2.05) is 11.9 Å². The number of halogens is 3. The average molecular weight is 319 g/mol. The first-order valence-corrected chi connectivity index (χ1v) is 6.72. The zero-order valence-electron chi connectivity index (χ0n) is 11.8. The van der Waals surface area contributed by atoms with Gasteiger partial charge in [-0.2, -0.15) is 13.2 Å². The first kappa shape index (κ1) is 16.3. The van der Waals surface area contributed by atoms with E-state index in [4.69, 9.17) is 0 Å². The Morgan fingerprint density at radius 2 is 2.18 bits per heavy atom. The number of aromatic amines is 1. The summed E-state index contributed by atoms with van der Waals surface area (Å²) in [4.78, 5) is 26.7. The number of hydrogen-bond acceptors (Lipinski definition) is 3. The van der Waals surface area contributed by atoms with Gasteiger partial charge >= 0.3 is 12.2 Å². The number of piperidine rings is 1. The predicted molar refractivity (Wildman–Crippen MR) is 72.4 cm³/mol. The quantitative estimate of drug-likeness (QED) is 0.735. The van der Waals surface area contributed by atoms with E-state index in [0.717, 1.165) is 0 Å². The number of aromatic nitrogens is 1. The molecule has 2 amide bonds. The third-order valence-electron chi connectivity index (χ3n) is 3.68. The molecular weight excluding hydrogens is 303 g/mol. The van der Waals surface area contributed by atoms with E-state index in [1.165, 1.54) is 4.90 Å². The number of alkyl halides is 3. The summed E-state index contributed by atoms with van der Waals surface area (Å²) in [6.45, 7) is 2.28. The zero-order chi connectivity index (χ0) is 16.5. The van der Waals surface area contributed by atoms with Gasteiger partial charge in [0.15, 0.2) is 0 Å². The molecule has 1 aliphatic rings. The summed E-state index contributed by atoms with van der Waals surface area (Å²) in [6.07, 6.45) is -4.20. The molecule has 0 aromatic carbocycles. The molecule has 2 heterocycles. The molecule has 22 heavy (non-hydrogen) atoms. The summed E-state index contributed by atoms with van der Waals surface area (Å²) < 4.78 is 37.8. The minimum Gasteiger partial charge on any atom is -0.391 e. The van der Waals surface area contributed by atoms with Crippen LogP contribution in [0.25, 0.3) is 0 Å². The van der Waals surface area contributed by atoms with Crippen LogP contribution in [-0.4, -0.2) is 40.2 Å². The van der Waals surface area contributed by atoms with Crippen molar-refractivity contribution in [2.45, 2.75) is 25.6 Å². The summed E-state index contributed by atoms with van der Waals surface area (Å²) in [5.41, 5.74) is -2.37. The fourth-order valence-corrected chi connectivity index (χ4v) is 2.17. The van der Waals surface area contributed by atoms with Crippen LogP contribution in [0, 0.1) is 5.92 Å². The number of pyridine rings is 1. The molecule has 0 bridgehead atoms. The van der Waals surface area contributed by atoms with Crippen molar-refractivity contribution in [2.24, 2.45) is 5.92 Å². The number of nitrogens with zero attached hydrogens (tertiary/aromatic N) is 1. The number of urea groups is 1. The van der Waals surface area contributed by atoms with Crippen molar-refractivity contribution in [3.05, 3.63) is 28.2 Å². The summed E-state index contributed by atoms with van der Waals surface area (Å²) in [5, 5.41) is 11.9. The number of carbonyl (C=O) groups is 1. The van der Waals surface area contributed by atoms with Gasteiger partial charge < -0.3 is 20.3 Å². The van der Waals surface area contributed by atoms with Gasteiger partial charge in [-0.05, 0) is 18.4 Å². The van der Waals surface area contributed by atoms with E-state index in [9.17, 15) is 27.9 Å². The number of nitrogens with one attached hydrogen (secondary N) is 2. The van der Waals surface area contributed by atoms with E-state index < -0.39 is 35.1 Å². The molecule has 1 fully saturated rings. The molecule has 122 valence electrons. The summed E-state index contributed by atoms with van der Waals surface area (Å²) >= 11 is 0. The van der Waals surface area contributed by atoms with Crippen LogP contribution < -0.4 is 10.9 Å². The Kier molecular flexibility index (Phi) is 4.45. The second-order valence-electron chi connectivity index (χ2n) is 5.34. The van der Waals surface area contributed by atoms with E-state index in [2.05, 4.69) is 5.32 Å². The molecule has 2 unspecified atom stereocenters. The number of carbonyl (C=O) groups excluding carboxylic acids is 1. The van der Waals surface area contributed by atoms with Crippen LogP contribution in [0.2, 0.25) is 0 Å². The van der Waals surface area contributed by atoms with Gasteiger partial charge in [0, 0.05) is 19.3 Å². The Morgan fingerprint density at radius 1 is 1.50 bits per heavy atom. The number of aliphatic hydroxyl groups excluding tert-OH is 1. The van der Waals surface area contributed by atoms with Gasteiger partial charge in [0.1, 0.15) is 5.69 Å². The number of anilines is 1. The number of H-pyrrole nitrogens is 1. The Bertz CT molecular complexity index is 615. The molecule has 0 spiro atoms. The van der Waals surface area contributed by atoms with Gasteiger partial charge in [0.2, 0.25) is 0 Å². The minimum absolute atomic E-state index is 0.0426. The third kappa shape index (κ3) is 3.59. The van der Waals surface area contributed by atoms with Crippen LogP contribution >= 0.6 is 0 Å². The summed E-state index contributed by atoms with van der Waals surface area (Å²) in [5.74, 6) is 0.0426. The standard InChI is InChI=1S/C13H16F3N3O3/c1-7-2-3-19(6-10(7)20)12(22)18-9-4-8(13(14,15)16)5-17-11(9)21/h4-5,7,10,20H,2-3,6H2,1H3,(H,17,21)(H,18,22). The van der Waals surface area contributed by atoms with Crippen LogP contribution in [0.1, 0.15) is 18.9 Å². The molecule has 3 N–H and O–H groups in total. The normalized spacial score (nSPS) is 22.5. The van der Waals surface area contributed by atoms with E-state index in [-0.39, 0.29) is 12.5 Å². The second-order valence-corrected chi connectivity index (χ2v) is 5.34. The topological polar surface area (TPSA) is 85.4 Å². The van der Waals surface area contributed by atoms with Crippen molar-refractivity contribution in [1.82, 2.24) is 9.88 Å². The van der Waals surface area contributed by atoms with Crippen molar-refractivity contribution >= 4 is 11.7 Å². The maximum absolute atomic E-state index is 12.6. The Labute approximate surface area is 123 Å². The number of aliphatic hydroxyl groups is 1. The SMILES string of the molecule is CC1CCN(C(=O)Nc2cc(C(F)(F)F)c[nH]c2=O)CC1O. The van der Waals surface area contributed by atoms with Crippen LogP contribution in [0.5, 0.6) is 0 Å². The number of likely N-dealkylation sites (tertiary alicyclic amines) is 1.